The molecule has 0 amide bonds. The Kier molecular flexibility index (Phi) is 2.82. The molecule has 21 heavy (non-hydrogen) atoms. The maximum atomic E-state index is 13.8. The predicted molar refractivity (Wildman–Crippen MR) is 67.0 cm³/mol. The van der Waals surface area contributed by atoms with E-state index < -0.39 is 29.0 Å². The summed E-state index contributed by atoms with van der Waals surface area (Å²) < 4.78 is 38.3. The van der Waals surface area contributed by atoms with Crippen LogP contribution in [0.25, 0.3) is 10.9 Å². The lowest BCUT2D eigenvalue weighted by Crippen LogP contribution is -2.25. The number of ether oxygens (including phenoxy) is 2. The predicted octanol–water partition coefficient (Wildman–Crippen LogP) is 2.29. The molecule has 6 nitrogen and oxygen atoms in total. The molecule has 1 N–H and O–H groups in total. The molecule has 0 saturated heterocycles. The molecule has 2 heterocycles. The van der Waals surface area contributed by atoms with Gasteiger partial charge in [-0.1, -0.05) is 0 Å². The van der Waals surface area contributed by atoms with Crippen LogP contribution >= 0.6 is 0 Å². The first-order chi connectivity index (χ1) is 9.90. The second-order valence-corrected chi connectivity index (χ2v) is 4.66. The van der Waals surface area contributed by atoms with E-state index in [1.165, 1.54) is 4.57 Å². The van der Waals surface area contributed by atoms with Crippen molar-refractivity contribution in [3.63, 3.8) is 0 Å². The molecule has 0 aliphatic carbocycles. The van der Waals surface area contributed by atoms with E-state index in [9.17, 15) is 18.4 Å². The Bertz CT molecular complexity index is 830. The van der Waals surface area contributed by atoms with Gasteiger partial charge in [-0.3, -0.25) is 4.79 Å². The molecular formula is C13H9F2NO5. The van der Waals surface area contributed by atoms with Crippen LogP contribution in [0.3, 0.4) is 0 Å². The van der Waals surface area contributed by atoms with Crippen LogP contribution in [-0.2, 0) is 0 Å². The summed E-state index contributed by atoms with van der Waals surface area (Å²) in [5, 5.41) is 8.43. The molecule has 0 unspecified atom stereocenters. The minimum Gasteiger partial charge on any atom is -0.486 e. The highest BCUT2D eigenvalue weighted by Gasteiger charge is 2.27. The lowest BCUT2D eigenvalue weighted by molar-refractivity contribution is 0.143. The molecule has 0 saturated carbocycles. The van der Waals surface area contributed by atoms with Gasteiger partial charge >= 0.3 is 6.16 Å². The third-order valence-corrected chi connectivity index (χ3v) is 3.27. The molecule has 110 valence electrons. The van der Waals surface area contributed by atoms with Gasteiger partial charge in [0.25, 0.3) is 0 Å². The summed E-state index contributed by atoms with van der Waals surface area (Å²) in [4.78, 5) is 22.7. The zero-order valence-electron chi connectivity index (χ0n) is 10.7. The molecule has 3 rings (SSSR count). The Morgan fingerprint density at radius 3 is 2.90 bits per heavy atom. The maximum absolute atomic E-state index is 13.8. The van der Waals surface area contributed by atoms with Crippen molar-refractivity contribution in [2.45, 2.75) is 13.0 Å². The third kappa shape index (κ3) is 1.91. The van der Waals surface area contributed by atoms with Crippen LogP contribution in [0, 0.1) is 11.6 Å². The molecule has 2 aromatic rings. The summed E-state index contributed by atoms with van der Waals surface area (Å²) in [7, 11) is 0. The van der Waals surface area contributed by atoms with Crippen LogP contribution in [0.2, 0.25) is 0 Å². The minimum absolute atomic E-state index is 0.0534. The summed E-state index contributed by atoms with van der Waals surface area (Å²) in [6.07, 6.45) is -0.505. The number of hydrogen-bond donors (Lipinski definition) is 1. The van der Waals surface area contributed by atoms with Crippen LogP contribution in [-0.4, -0.2) is 22.4 Å². The number of hydrogen-bond acceptors (Lipinski definition) is 4. The molecule has 0 bridgehead atoms. The summed E-state index contributed by atoms with van der Waals surface area (Å²) in [5.74, 6) is -3.26. The van der Waals surface area contributed by atoms with Gasteiger partial charge < -0.3 is 19.1 Å². The second-order valence-electron chi connectivity index (χ2n) is 4.66. The van der Waals surface area contributed by atoms with Crippen molar-refractivity contribution >= 4 is 17.1 Å². The number of halogens is 2. The van der Waals surface area contributed by atoms with E-state index in [0.29, 0.717) is 6.07 Å². The topological polar surface area (TPSA) is 77.8 Å². The Balaban J connectivity index is 2.44. The largest absolute Gasteiger partial charge is 0.511 e. The van der Waals surface area contributed by atoms with Crippen LogP contribution in [0.15, 0.2) is 17.1 Å². The average molecular weight is 297 g/mol. The van der Waals surface area contributed by atoms with E-state index in [0.717, 1.165) is 6.20 Å². The summed E-state index contributed by atoms with van der Waals surface area (Å²) in [6, 6.07) is 0.407. The van der Waals surface area contributed by atoms with Gasteiger partial charge in [-0.15, -0.1) is 0 Å². The summed E-state index contributed by atoms with van der Waals surface area (Å²) in [6.45, 7) is 1.77. The van der Waals surface area contributed by atoms with Crippen molar-refractivity contribution in [3.8, 4) is 11.5 Å². The molecule has 0 radical (unpaired) electrons. The number of carbonyl (C=O) groups is 1. The fourth-order valence-corrected chi connectivity index (χ4v) is 2.34. The summed E-state index contributed by atoms with van der Waals surface area (Å²) in [5.41, 5.74) is -0.767. The first kappa shape index (κ1) is 13.3. The molecule has 1 aromatic heterocycles. The van der Waals surface area contributed by atoms with Gasteiger partial charge in [-0.25, -0.2) is 9.18 Å². The molecular weight excluding hydrogens is 288 g/mol. The number of pyridine rings is 1. The molecule has 1 aliphatic rings. The van der Waals surface area contributed by atoms with Crippen molar-refractivity contribution < 1.29 is 28.2 Å². The number of carboxylic acid groups (broad SMARTS) is 1. The lowest BCUT2D eigenvalue weighted by atomic mass is 10.1. The average Bonchev–Trinajstić information content (AvgIpc) is 2.42. The van der Waals surface area contributed by atoms with Gasteiger partial charge in [0.15, 0.2) is 17.3 Å². The van der Waals surface area contributed by atoms with E-state index in [-0.39, 0.29) is 29.3 Å². The molecule has 1 aromatic carbocycles. The smallest absolute Gasteiger partial charge is 0.486 e. The maximum Gasteiger partial charge on any atom is 0.511 e. The van der Waals surface area contributed by atoms with Crippen molar-refractivity contribution in [2.75, 3.05) is 6.61 Å². The van der Waals surface area contributed by atoms with Gasteiger partial charge in [-0.2, -0.15) is 4.39 Å². The highest BCUT2D eigenvalue weighted by atomic mass is 19.2. The SMILES string of the molecule is C[C@H]1COc2c(F)c(F)cc3c(=O)c(OC(=O)O)cn1c23. The van der Waals surface area contributed by atoms with Crippen molar-refractivity contribution in [2.24, 2.45) is 0 Å². The summed E-state index contributed by atoms with van der Waals surface area (Å²) >= 11 is 0. The Hall–Kier alpha value is -2.64. The van der Waals surface area contributed by atoms with Gasteiger partial charge in [0.2, 0.25) is 11.2 Å². The van der Waals surface area contributed by atoms with Crippen LogP contribution in [0.5, 0.6) is 11.5 Å². The van der Waals surface area contributed by atoms with Gasteiger partial charge in [0.05, 0.1) is 23.1 Å². The Morgan fingerprint density at radius 2 is 2.24 bits per heavy atom. The Morgan fingerprint density at radius 1 is 1.52 bits per heavy atom. The van der Waals surface area contributed by atoms with Crippen molar-refractivity contribution in [1.29, 1.82) is 0 Å². The fraction of sp³-hybridized carbons (Fsp3) is 0.231. The van der Waals surface area contributed by atoms with E-state index in [4.69, 9.17) is 9.84 Å². The number of nitrogens with zero attached hydrogens (tertiary/aromatic N) is 1. The fourth-order valence-electron chi connectivity index (χ4n) is 2.34. The Labute approximate surface area is 116 Å². The molecule has 1 atom stereocenters. The zero-order valence-corrected chi connectivity index (χ0v) is 10.7. The van der Waals surface area contributed by atoms with Gasteiger partial charge in [-0.05, 0) is 13.0 Å². The number of aromatic nitrogens is 1. The second kappa shape index (κ2) is 4.44. The molecule has 0 fully saturated rings. The molecule has 0 spiro atoms. The third-order valence-electron chi connectivity index (χ3n) is 3.27. The van der Waals surface area contributed by atoms with E-state index >= 15 is 0 Å². The first-order valence-electron chi connectivity index (χ1n) is 6.00. The normalized spacial score (nSPS) is 16.6. The van der Waals surface area contributed by atoms with E-state index in [1.54, 1.807) is 6.92 Å². The van der Waals surface area contributed by atoms with Crippen molar-refractivity contribution in [3.05, 3.63) is 34.1 Å². The highest BCUT2D eigenvalue weighted by Crippen LogP contribution is 2.36. The minimum atomic E-state index is -1.67. The van der Waals surface area contributed by atoms with Gasteiger partial charge in [0.1, 0.15) is 6.61 Å². The van der Waals surface area contributed by atoms with E-state index in [1.807, 2.05) is 0 Å². The first-order valence-corrected chi connectivity index (χ1v) is 6.00. The zero-order chi connectivity index (χ0) is 15.3. The monoisotopic (exact) mass is 297 g/mol. The standard InChI is InChI=1S/C13H9F2NO5/c1-5-4-20-12-9(15)7(14)2-6-10(12)16(5)3-8(11(6)17)21-13(18)19/h2-3,5H,4H2,1H3,(H,18,19)/t5-/m0/s1. The number of rotatable bonds is 1. The van der Waals surface area contributed by atoms with Crippen LogP contribution < -0.4 is 14.9 Å². The van der Waals surface area contributed by atoms with Crippen LogP contribution in [0.4, 0.5) is 13.6 Å². The molecule has 8 heteroatoms. The van der Waals surface area contributed by atoms with E-state index in [2.05, 4.69) is 4.74 Å². The lowest BCUT2D eigenvalue weighted by Gasteiger charge is -2.27. The number of benzene rings is 1. The van der Waals surface area contributed by atoms with Gasteiger partial charge in [0, 0.05) is 0 Å². The highest BCUT2D eigenvalue weighted by molar-refractivity contribution is 5.87. The quantitative estimate of drug-likeness (QED) is 0.817. The van der Waals surface area contributed by atoms with Crippen molar-refractivity contribution in [1.82, 2.24) is 4.57 Å². The molecule has 1 aliphatic heterocycles. The van der Waals surface area contributed by atoms with Crippen LogP contribution in [0.1, 0.15) is 13.0 Å².